The summed E-state index contributed by atoms with van der Waals surface area (Å²) in [6, 6.07) is 0.860. The Hall–Kier alpha value is -2.51. The molecule has 7 nitrogen and oxygen atoms in total. The molecule has 0 aliphatic carbocycles. The number of nitrogens with one attached hydrogen (secondary N) is 1. The highest BCUT2D eigenvalue weighted by atomic mass is 19.1. The molecule has 2 aromatic rings. The first-order valence-corrected chi connectivity index (χ1v) is 5.55. The van der Waals surface area contributed by atoms with Gasteiger partial charge in [0.1, 0.15) is 6.33 Å². The lowest BCUT2D eigenvalue weighted by Gasteiger charge is -2.13. The van der Waals surface area contributed by atoms with E-state index in [2.05, 4.69) is 20.5 Å². The van der Waals surface area contributed by atoms with E-state index in [-0.39, 0.29) is 11.4 Å². The van der Waals surface area contributed by atoms with E-state index in [1.165, 1.54) is 18.6 Å². The largest absolute Gasteiger partial charge is 0.381 e. The predicted octanol–water partition coefficient (Wildman–Crippen LogP) is 0.422. The van der Waals surface area contributed by atoms with Crippen LogP contribution in [0.1, 0.15) is 29.1 Å². The van der Waals surface area contributed by atoms with Gasteiger partial charge in [0.05, 0.1) is 11.6 Å². The Morgan fingerprint density at radius 1 is 1.58 bits per heavy atom. The minimum atomic E-state index is -0.829. The Kier molecular flexibility index (Phi) is 3.41. The summed E-state index contributed by atoms with van der Waals surface area (Å²) in [4.78, 5) is 15.5. The van der Waals surface area contributed by atoms with E-state index >= 15 is 0 Å². The van der Waals surface area contributed by atoms with Crippen molar-refractivity contribution in [2.75, 3.05) is 5.73 Å². The maximum Gasteiger partial charge on any atom is 0.255 e. The second-order valence-corrected chi connectivity index (χ2v) is 4.05. The topological polar surface area (TPSA) is 98.7 Å². The van der Waals surface area contributed by atoms with E-state index in [1.807, 2.05) is 0 Å². The van der Waals surface area contributed by atoms with Gasteiger partial charge in [0.2, 0.25) is 0 Å². The number of amides is 1. The third-order valence-corrected chi connectivity index (χ3v) is 2.64. The van der Waals surface area contributed by atoms with E-state index in [9.17, 15) is 9.18 Å². The average Bonchev–Trinajstić information content (AvgIpc) is 2.79. The Balaban J connectivity index is 2.18. The second kappa shape index (κ2) is 5.01. The molecule has 8 heteroatoms. The summed E-state index contributed by atoms with van der Waals surface area (Å²) in [5.74, 6) is -1.15. The van der Waals surface area contributed by atoms with Crippen LogP contribution in [0.25, 0.3) is 0 Å². The van der Waals surface area contributed by atoms with Gasteiger partial charge in [-0.25, -0.2) is 9.37 Å². The van der Waals surface area contributed by atoms with Crippen LogP contribution in [0.3, 0.4) is 0 Å². The summed E-state index contributed by atoms with van der Waals surface area (Å²) < 4.78 is 15.3. The average molecular weight is 264 g/mol. The standard InChI is InChI=1S/C11H13FN6O/c1-6(10-17-15-5-18(10)2)16-11(19)7-3-4-14-9(13)8(7)12/h3-6H,1-2H3,(H2,13,14)(H,16,19). The molecule has 2 rings (SSSR count). The number of carbonyl (C=O) groups is 1. The van der Waals surface area contributed by atoms with E-state index in [0.29, 0.717) is 5.82 Å². The molecule has 0 aliphatic rings. The van der Waals surface area contributed by atoms with E-state index in [1.54, 1.807) is 18.5 Å². The smallest absolute Gasteiger partial charge is 0.255 e. The molecule has 0 radical (unpaired) electrons. The predicted molar refractivity (Wildman–Crippen MR) is 65.5 cm³/mol. The number of pyridine rings is 1. The van der Waals surface area contributed by atoms with Gasteiger partial charge in [0.25, 0.3) is 5.91 Å². The first-order chi connectivity index (χ1) is 9.00. The van der Waals surface area contributed by atoms with E-state index in [0.717, 1.165) is 0 Å². The summed E-state index contributed by atoms with van der Waals surface area (Å²) in [5.41, 5.74) is 5.16. The molecule has 1 amide bonds. The van der Waals surface area contributed by atoms with Gasteiger partial charge in [-0.1, -0.05) is 0 Å². The maximum absolute atomic E-state index is 13.6. The summed E-state index contributed by atoms with van der Waals surface area (Å²) in [6.45, 7) is 1.73. The van der Waals surface area contributed by atoms with Gasteiger partial charge in [-0.3, -0.25) is 4.79 Å². The van der Waals surface area contributed by atoms with Gasteiger partial charge in [0.15, 0.2) is 17.5 Å². The highest BCUT2D eigenvalue weighted by Crippen LogP contribution is 2.14. The van der Waals surface area contributed by atoms with Gasteiger partial charge in [-0.05, 0) is 13.0 Å². The number of aryl methyl sites for hydroxylation is 1. The number of carbonyl (C=O) groups excluding carboxylic acids is 1. The van der Waals surface area contributed by atoms with Crippen LogP contribution in [0.2, 0.25) is 0 Å². The third kappa shape index (κ3) is 2.51. The lowest BCUT2D eigenvalue weighted by atomic mass is 10.2. The summed E-state index contributed by atoms with van der Waals surface area (Å²) in [6.07, 6.45) is 2.79. The number of rotatable bonds is 3. The molecule has 100 valence electrons. The van der Waals surface area contributed by atoms with Crippen molar-refractivity contribution in [1.29, 1.82) is 0 Å². The van der Waals surface area contributed by atoms with Crippen molar-refractivity contribution in [2.45, 2.75) is 13.0 Å². The molecule has 0 saturated carbocycles. The van der Waals surface area contributed by atoms with Gasteiger partial charge in [-0.15, -0.1) is 10.2 Å². The summed E-state index contributed by atoms with van der Waals surface area (Å²) in [5, 5.41) is 10.2. The molecule has 0 aliphatic heterocycles. The molecule has 0 bridgehead atoms. The number of anilines is 1. The zero-order valence-corrected chi connectivity index (χ0v) is 10.5. The number of nitrogens with zero attached hydrogens (tertiary/aromatic N) is 4. The highest BCUT2D eigenvalue weighted by Gasteiger charge is 2.19. The quantitative estimate of drug-likeness (QED) is 0.837. The monoisotopic (exact) mass is 264 g/mol. The lowest BCUT2D eigenvalue weighted by molar-refractivity contribution is 0.0933. The SMILES string of the molecule is CC(NC(=O)c1ccnc(N)c1F)c1nncn1C. The number of nitrogens with two attached hydrogens (primary N) is 1. The normalized spacial score (nSPS) is 12.2. The minimum Gasteiger partial charge on any atom is -0.381 e. The molecule has 2 heterocycles. The van der Waals surface area contributed by atoms with Crippen LogP contribution in [0.15, 0.2) is 18.6 Å². The molecule has 0 fully saturated rings. The van der Waals surface area contributed by atoms with Crippen molar-refractivity contribution in [3.63, 3.8) is 0 Å². The fourth-order valence-electron chi connectivity index (χ4n) is 1.66. The lowest BCUT2D eigenvalue weighted by Crippen LogP contribution is -2.29. The first-order valence-electron chi connectivity index (χ1n) is 5.55. The van der Waals surface area contributed by atoms with Crippen LogP contribution in [-0.4, -0.2) is 25.7 Å². The summed E-state index contributed by atoms with van der Waals surface area (Å²) >= 11 is 0. The van der Waals surface area contributed by atoms with Gasteiger partial charge >= 0.3 is 0 Å². The van der Waals surface area contributed by atoms with Crippen molar-refractivity contribution in [3.05, 3.63) is 35.8 Å². The number of hydrogen-bond donors (Lipinski definition) is 2. The molecule has 19 heavy (non-hydrogen) atoms. The molecule has 2 aromatic heterocycles. The molecule has 3 N–H and O–H groups in total. The van der Waals surface area contributed by atoms with Gasteiger partial charge in [-0.2, -0.15) is 0 Å². The Morgan fingerprint density at radius 3 is 2.95 bits per heavy atom. The molecule has 0 aromatic carbocycles. The van der Waals surface area contributed by atoms with Gasteiger partial charge < -0.3 is 15.6 Å². The third-order valence-electron chi connectivity index (χ3n) is 2.64. The van der Waals surface area contributed by atoms with Crippen LogP contribution in [0.4, 0.5) is 10.2 Å². The van der Waals surface area contributed by atoms with Crippen molar-refractivity contribution in [1.82, 2.24) is 25.1 Å². The first kappa shape index (κ1) is 12.9. The number of aromatic nitrogens is 4. The number of hydrogen-bond acceptors (Lipinski definition) is 5. The molecular weight excluding hydrogens is 251 g/mol. The van der Waals surface area contributed by atoms with Crippen LogP contribution in [-0.2, 0) is 7.05 Å². The molecular formula is C11H13FN6O. The van der Waals surface area contributed by atoms with E-state index in [4.69, 9.17) is 5.73 Å². The van der Waals surface area contributed by atoms with Crippen molar-refractivity contribution in [2.24, 2.45) is 7.05 Å². The highest BCUT2D eigenvalue weighted by molar-refractivity contribution is 5.95. The Labute approximate surface area is 108 Å². The fraction of sp³-hybridized carbons (Fsp3) is 0.273. The van der Waals surface area contributed by atoms with Crippen molar-refractivity contribution >= 4 is 11.7 Å². The molecule has 0 spiro atoms. The van der Waals surface area contributed by atoms with Gasteiger partial charge in [0, 0.05) is 13.2 Å². The molecule has 1 atom stereocenters. The second-order valence-electron chi connectivity index (χ2n) is 4.05. The van der Waals surface area contributed by atoms with Crippen LogP contribution in [0, 0.1) is 5.82 Å². The maximum atomic E-state index is 13.6. The van der Waals surface area contributed by atoms with E-state index < -0.39 is 17.8 Å². The molecule has 0 saturated heterocycles. The van der Waals surface area contributed by atoms with Crippen LogP contribution < -0.4 is 11.1 Å². The Bertz CT molecular complexity index is 611. The van der Waals surface area contributed by atoms with Crippen LogP contribution in [0.5, 0.6) is 0 Å². The summed E-state index contributed by atoms with van der Waals surface area (Å²) in [7, 11) is 1.75. The number of halogens is 1. The Morgan fingerprint density at radius 2 is 2.32 bits per heavy atom. The zero-order valence-electron chi connectivity index (χ0n) is 10.5. The minimum absolute atomic E-state index is 0.151. The fourth-order valence-corrected chi connectivity index (χ4v) is 1.66. The zero-order chi connectivity index (χ0) is 14.0. The van der Waals surface area contributed by atoms with Crippen molar-refractivity contribution in [3.8, 4) is 0 Å². The molecule has 1 unspecified atom stereocenters. The number of nitrogen functional groups attached to an aromatic ring is 1. The van der Waals surface area contributed by atoms with Crippen LogP contribution >= 0.6 is 0 Å². The van der Waals surface area contributed by atoms with Crippen molar-refractivity contribution < 1.29 is 9.18 Å².